The third-order valence-electron chi connectivity index (χ3n) is 3.58. The number of amides is 1. The minimum Gasteiger partial charge on any atom is -0.482 e. The molecular weight excluding hydrogens is 383 g/mol. The predicted octanol–water partition coefficient (Wildman–Crippen LogP) is 3.43. The van der Waals surface area contributed by atoms with Gasteiger partial charge < -0.3 is 10.1 Å². The number of aryl methyl sites for hydroxylation is 1. The molecule has 0 aliphatic rings. The van der Waals surface area contributed by atoms with E-state index in [0.717, 1.165) is 0 Å². The number of hydrogen-bond donors (Lipinski definition) is 1. The molecule has 142 valence electrons. The van der Waals surface area contributed by atoms with Crippen LogP contribution in [0, 0.1) is 0 Å². The number of anilines is 1. The largest absolute Gasteiger partial charge is 0.482 e. The summed E-state index contributed by atoms with van der Waals surface area (Å²) in [6, 6.07) is 7.51. The molecule has 2 aromatic heterocycles. The zero-order valence-electron chi connectivity index (χ0n) is 13.8. The summed E-state index contributed by atoms with van der Waals surface area (Å²) in [5.74, 6) is -0.544. The van der Waals surface area contributed by atoms with Gasteiger partial charge in [-0.05, 0) is 23.6 Å². The Labute approximate surface area is 155 Å². The maximum absolute atomic E-state index is 12.3. The van der Waals surface area contributed by atoms with Crippen LogP contribution in [0.5, 0.6) is 5.75 Å². The van der Waals surface area contributed by atoms with Crippen LogP contribution in [0.3, 0.4) is 0 Å². The van der Waals surface area contributed by atoms with E-state index in [9.17, 15) is 22.8 Å². The summed E-state index contributed by atoms with van der Waals surface area (Å²) in [7, 11) is 0. The maximum atomic E-state index is 12.3. The first-order valence-corrected chi connectivity index (χ1v) is 8.72. The molecule has 1 aromatic carbocycles. The van der Waals surface area contributed by atoms with E-state index in [1.54, 1.807) is 17.5 Å². The molecule has 3 rings (SSSR count). The Balaban J connectivity index is 1.64. The average molecular weight is 397 g/mol. The molecule has 0 fully saturated rings. The van der Waals surface area contributed by atoms with E-state index < -0.39 is 18.7 Å². The quantitative estimate of drug-likeness (QED) is 0.692. The highest BCUT2D eigenvalue weighted by molar-refractivity contribution is 7.16. The smallest absolute Gasteiger partial charge is 0.422 e. The number of carbonyl (C=O) groups excluding carboxylic acids is 1. The number of halogens is 3. The lowest BCUT2D eigenvalue weighted by Crippen LogP contribution is -2.23. The first-order valence-electron chi connectivity index (χ1n) is 7.84. The van der Waals surface area contributed by atoms with Gasteiger partial charge in [-0.15, -0.1) is 11.3 Å². The highest BCUT2D eigenvalue weighted by Crippen LogP contribution is 2.26. The zero-order valence-corrected chi connectivity index (χ0v) is 14.6. The third-order valence-corrected chi connectivity index (χ3v) is 4.40. The fourth-order valence-electron chi connectivity index (χ4n) is 2.34. The highest BCUT2D eigenvalue weighted by atomic mass is 32.1. The Hall–Kier alpha value is -2.88. The Morgan fingerprint density at radius 2 is 2.04 bits per heavy atom. The molecule has 3 aromatic rings. The maximum Gasteiger partial charge on any atom is 0.422 e. The SMILES string of the molecule is O=C(CCn1cnc2sccc2c1=O)Nc1ccccc1OCC(F)(F)F. The number of nitrogens with zero attached hydrogens (tertiary/aromatic N) is 2. The number of alkyl halides is 3. The van der Waals surface area contributed by atoms with Crippen LogP contribution in [0.4, 0.5) is 18.9 Å². The molecule has 0 radical (unpaired) electrons. The molecule has 0 aliphatic heterocycles. The molecular formula is C17H14F3N3O3S. The molecule has 0 unspecified atom stereocenters. The van der Waals surface area contributed by atoms with Crippen molar-refractivity contribution >= 4 is 33.1 Å². The number of aromatic nitrogens is 2. The number of fused-ring (bicyclic) bond motifs is 1. The van der Waals surface area contributed by atoms with E-state index >= 15 is 0 Å². The fourth-order valence-corrected chi connectivity index (χ4v) is 3.07. The number of hydrogen-bond acceptors (Lipinski definition) is 5. The molecule has 0 saturated carbocycles. The first-order chi connectivity index (χ1) is 12.8. The van der Waals surface area contributed by atoms with Crippen LogP contribution in [0.15, 0.2) is 46.8 Å². The van der Waals surface area contributed by atoms with Crippen molar-refractivity contribution in [2.45, 2.75) is 19.1 Å². The molecule has 0 bridgehead atoms. The Kier molecular flexibility index (Phi) is 5.45. The number of para-hydroxylation sites is 2. The van der Waals surface area contributed by atoms with E-state index in [1.807, 2.05) is 0 Å². The van der Waals surface area contributed by atoms with E-state index in [1.165, 1.54) is 40.4 Å². The van der Waals surface area contributed by atoms with Crippen molar-refractivity contribution in [2.24, 2.45) is 0 Å². The lowest BCUT2D eigenvalue weighted by atomic mass is 10.2. The monoisotopic (exact) mass is 397 g/mol. The Bertz CT molecular complexity index is 1010. The van der Waals surface area contributed by atoms with Crippen molar-refractivity contribution in [2.75, 3.05) is 11.9 Å². The summed E-state index contributed by atoms with van der Waals surface area (Å²) in [6.07, 6.45) is -3.16. The second kappa shape index (κ2) is 7.78. The topological polar surface area (TPSA) is 73.2 Å². The van der Waals surface area contributed by atoms with Gasteiger partial charge in [0.15, 0.2) is 6.61 Å². The zero-order chi connectivity index (χ0) is 19.4. The van der Waals surface area contributed by atoms with Gasteiger partial charge in [-0.2, -0.15) is 13.2 Å². The molecule has 0 saturated heterocycles. The van der Waals surface area contributed by atoms with Gasteiger partial charge in [-0.1, -0.05) is 12.1 Å². The number of benzene rings is 1. The summed E-state index contributed by atoms with van der Waals surface area (Å²) in [6.45, 7) is -1.36. The highest BCUT2D eigenvalue weighted by Gasteiger charge is 2.28. The van der Waals surface area contributed by atoms with Gasteiger partial charge in [-0.3, -0.25) is 14.2 Å². The summed E-state index contributed by atoms with van der Waals surface area (Å²) >= 11 is 1.35. The summed E-state index contributed by atoms with van der Waals surface area (Å²) in [5, 5.41) is 4.74. The van der Waals surface area contributed by atoms with Crippen LogP contribution in [0.25, 0.3) is 10.2 Å². The van der Waals surface area contributed by atoms with Gasteiger partial charge >= 0.3 is 6.18 Å². The minimum atomic E-state index is -4.48. The molecule has 27 heavy (non-hydrogen) atoms. The normalized spacial score (nSPS) is 11.5. The third kappa shape index (κ3) is 4.85. The second-order valence-electron chi connectivity index (χ2n) is 5.58. The van der Waals surface area contributed by atoms with Crippen LogP contribution in [0.2, 0.25) is 0 Å². The molecule has 1 amide bonds. The Morgan fingerprint density at radius 3 is 2.81 bits per heavy atom. The molecule has 0 atom stereocenters. The standard InChI is InChI=1S/C17H14F3N3O3S/c18-17(19,20)9-26-13-4-2-1-3-12(13)22-14(24)5-7-23-10-21-15-11(16(23)25)6-8-27-15/h1-4,6,8,10H,5,7,9H2,(H,22,24). The number of rotatable bonds is 6. The number of ether oxygens (including phenoxy) is 1. The van der Waals surface area contributed by atoms with Crippen molar-refractivity contribution < 1.29 is 22.7 Å². The van der Waals surface area contributed by atoms with Gasteiger partial charge in [0.1, 0.15) is 10.6 Å². The minimum absolute atomic E-state index is 0.0508. The van der Waals surface area contributed by atoms with Crippen molar-refractivity contribution in [1.29, 1.82) is 0 Å². The van der Waals surface area contributed by atoms with Crippen molar-refractivity contribution in [3.05, 3.63) is 52.4 Å². The lowest BCUT2D eigenvalue weighted by molar-refractivity contribution is -0.153. The van der Waals surface area contributed by atoms with Crippen LogP contribution >= 0.6 is 11.3 Å². The van der Waals surface area contributed by atoms with E-state index in [2.05, 4.69) is 10.3 Å². The van der Waals surface area contributed by atoms with Crippen LogP contribution in [-0.2, 0) is 11.3 Å². The molecule has 6 nitrogen and oxygen atoms in total. The van der Waals surface area contributed by atoms with Crippen molar-refractivity contribution in [3.8, 4) is 5.75 Å². The van der Waals surface area contributed by atoms with E-state index in [4.69, 9.17) is 4.74 Å². The van der Waals surface area contributed by atoms with Gasteiger partial charge in [0.2, 0.25) is 5.91 Å². The van der Waals surface area contributed by atoms with E-state index in [0.29, 0.717) is 10.2 Å². The fraction of sp³-hybridized carbons (Fsp3) is 0.235. The van der Waals surface area contributed by atoms with E-state index in [-0.39, 0.29) is 30.0 Å². The first kappa shape index (κ1) is 18.9. The molecule has 1 N–H and O–H groups in total. The molecule has 2 heterocycles. The summed E-state index contributed by atoms with van der Waals surface area (Å²) in [4.78, 5) is 29.2. The van der Waals surface area contributed by atoms with Crippen LogP contribution in [0.1, 0.15) is 6.42 Å². The van der Waals surface area contributed by atoms with Gasteiger partial charge in [0, 0.05) is 13.0 Å². The molecule has 0 aliphatic carbocycles. The van der Waals surface area contributed by atoms with Crippen LogP contribution < -0.4 is 15.6 Å². The number of nitrogens with one attached hydrogen (secondary N) is 1. The number of thiophene rings is 1. The average Bonchev–Trinajstić information content (AvgIpc) is 3.09. The second-order valence-corrected chi connectivity index (χ2v) is 6.48. The van der Waals surface area contributed by atoms with Crippen LogP contribution in [-0.4, -0.2) is 28.2 Å². The van der Waals surface area contributed by atoms with Gasteiger partial charge in [-0.25, -0.2) is 4.98 Å². The lowest BCUT2D eigenvalue weighted by Gasteiger charge is -2.14. The van der Waals surface area contributed by atoms with Gasteiger partial charge in [0.25, 0.3) is 5.56 Å². The Morgan fingerprint density at radius 1 is 1.26 bits per heavy atom. The number of carbonyl (C=O) groups is 1. The predicted molar refractivity (Wildman–Crippen MR) is 95.1 cm³/mol. The van der Waals surface area contributed by atoms with Gasteiger partial charge in [0.05, 0.1) is 17.4 Å². The van der Waals surface area contributed by atoms with Crippen molar-refractivity contribution in [1.82, 2.24) is 9.55 Å². The summed E-state index contributed by atoms with van der Waals surface area (Å²) in [5.41, 5.74) is -0.117. The molecule has 10 heteroatoms. The summed E-state index contributed by atoms with van der Waals surface area (Å²) < 4.78 is 43.0. The molecule has 0 spiro atoms. The van der Waals surface area contributed by atoms with Crippen molar-refractivity contribution in [3.63, 3.8) is 0 Å².